The van der Waals surface area contributed by atoms with Crippen LogP contribution < -0.4 is 5.32 Å². The summed E-state index contributed by atoms with van der Waals surface area (Å²) < 4.78 is 0. The van der Waals surface area contributed by atoms with Crippen LogP contribution in [0.2, 0.25) is 0 Å². The Labute approximate surface area is 130 Å². The number of aromatic hydroxyl groups is 2. The zero-order valence-corrected chi connectivity index (χ0v) is 12.6. The first-order valence-corrected chi connectivity index (χ1v) is 7.38. The summed E-state index contributed by atoms with van der Waals surface area (Å²) in [7, 11) is 0. The number of benzene rings is 2. The third-order valence-electron chi connectivity index (χ3n) is 3.64. The van der Waals surface area contributed by atoms with Gasteiger partial charge in [-0.05, 0) is 35.6 Å². The van der Waals surface area contributed by atoms with Gasteiger partial charge in [0.1, 0.15) is 0 Å². The fourth-order valence-corrected chi connectivity index (χ4v) is 2.32. The van der Waals surface area contributed by atoms with Crippen LogP contribution in [-0.2, 0) is 11.2 Å². The predicted octanol–water partition coefficient (Wildman–Crippen LogP) is 2.95. The van der Waals surface area contributed by atoms with Crippen LogP contribution in [0.1, 0.15) is 30.4 Å². The lowest BCUT2D eigenvalue weighted by molar-refractivity contribution is -0.121. The molecule has 0 bridgehead atoms. The highest BCUT2D eigenvalue weighted by Gasteiger charge is 2.10. The van der Waals surface area contributed by atoms with E-state index in [1.807, 2.05) is 37.3 Å². The number of carbonyl (C=O) groups is 1. The maximum Gasteiger partial charge on any atom is 0.220 e. The Morgan fingerprint density at radius 2 is 1.82 bits per heavy atom. The zero-order chi connectivity index (χ0) is 15.9. The first kappa shape index (κ1) is 15.9. The SMILES string of the molecule is C[C@@H](CC(=O)NCCc1ccc(O)c(O)c1)c1ccccc1. The Kier molecular flexibility index (Phi) is 5.42. The summed E-state index contributed by atoms with van der Waals surface area (Å²) >= 11 is 0. The van der Waals surface area contributed by atoms with Gasteiger partial charge in [0.05, 0.1) is 0 Å². The minimum atomic E-state index is -0.137. The van der Waals surface area contributed by atoms with Crippen LogP contribution in [0.4, 0.5) is 0 Å². The molecule has 0 saturated carbocycles. The molecular weight excluding hydrogens is 278 g/mol. The second-order valence-electron chi connectivity index (χ2n) is 5.44. The van der Waals surface area contributed by atoms with Crippen molar-refractivity contribution in [1.29, 1.82) is 0 Å². The van der Waals surface area contributed by atoms with Gasteiger partial charge < -0.3 is 15.5 Å². The Bertz CT molecular complexity index is 625. The lowest BCUT2D eigenvalue weighted by Crippen LogP contribution is -2.26. The monoisotopic (exact) mass is 299 g/mol. The second-order valence-corrected chi connectivity index (χ2v) is 5.44. The highest BCUT2D eigenvalue weighted by Crippen LogP contribution is 2.24. The van der Waals surface area contributed by atoms with Crippen molar-refractivity contribution >= 4 is 5.91 Å². The molecule has 2 aromatic rings. The lowest BCUT2D eigenvalue weighted by Gasteiger charge is -2.12. The van der Waals surface area contributed by atoms with Gasteiger partial charge in [-0.15, -0.1) is 0 Å². The Balaban J connectivity index is 1.77. The number of rotatable bonds is 6. The van der Waals surface area contributed by atoms with Gasteiger partial charge in [0.2, 0.25) is 5.91 Å². The van der Waals surface area contributed by atoms with Gasteiger partial charge in [0.15, 0.2) is 11.5 Å². The van der Waals surface area contributed by atoms with E-state index in [2.05, 4.69) is 5.32 Å². The van der Waals surface area contributed by atoms with Crippen molar-refractivity contribution in [2.24, 2.45) is 0 Å². The van der Waals surface area contributed by atoms with E-state index in [4.69, 9.17) is 0 Å². The molecular formula is C18H21NO3. The molecule has 4 heteroatoms. The average Bonchev–Trinajstić information content (AvgIpc) is 2.51. The summed E-state index contributed by atoms with van der Waals surface area (Å²) in [4.78, 5) is 11.9. The second kappa shape index (κ2) is 7.50. The van der Waals surface area contributed by atoms with Gasteiger partial charge in [0.25, 0.3) is 0 Å². The molecule has 0 aromatic heterocycles. The van der Waals surface area contributed by atoms with Crippen molar-refractivity contribution < 1.29 is 15.0 Å². The Morgan fingerprint density at radius 3 is 2.50 bits per heavy atom. The van der Waals surface area contributed by atoms with E-state index < -0.39 is 0 Å². The molecule has 0 aliphatic rings. The average molecular weight is 299 g/mol. The van der Waals surface area contributed by atoms with E-state index in [1.54, 1.807) is 6.07 Å². The summed E-state index contributed by atoms with van der Waals surface area (Å²) in [6.07, 6.45) is 1.06. The number of phenols is 2. The summed E-state index contributed by atoms with van der Waals surface area (Å²) in [5.74, 6) is -0.0794. The van der Waals surface area contributed by atoms with Gasteiger partial charge >= 0.3 is 0 Å². The largest absolute Gasteiger partial charge is 0.504 e. The van der Waals surface area contributed by atoms with E-state index in [-0.39, 0.29) is 23.3 Å². The molecule has 0 fully saturated rings. The van der Waals surface area contributed by atoms with Crippen molar-refractivity contribution in [2.75, 3.05) is 6.54 Å². The Hall–Kier alpha value is -2.49. The number of amides is 1. The molecule has 1 atom stereocenters. The zero-order valence-electron chi connectivity index (χ0n) is 12.6. The third kappa shape index (κ3) is 4.52. The van der Waals surface area contributed by atoms with Gasteiger partial charge in [0, 0.05) is 13.0 Å². The maximum atomic E-state index is 11.9. The van der Waals surface area contributed by atoms with Crippen LogP contribution >= 0.6 is 0 Å². The quantitative estimate of drug-likeness (QED) is 0.718. The molecule has 3 N–H and O–H groups in total. The van der Waals surface area contributed by atoms with E-state index in [0.717, 1.165) is 11.1 Å². The van der Waals surface area contributed by atoms with Crippen LogP contribution in [0.15, 0.2) is 48.5 Å². The molecule has 0 saturated heterocycles. The third-order valence-corrected chi connectivity index (χ3v) is 3.64. The number of carbonyl (C=O) groups excluding carboxylic acids is 1. The number of nitrogens with one attached hydrogen (secondary N) is 1. The fourth-order valence-electron chi connectivity index (χ4n) is 2.32. The molecule has 0 radical (unpaired) electrons. The van der Waals surface area contributed by atoms with Gasteiger partial charge in [-0.25, -0.2) is 0 Å². The highest BCUT2D eigenvalue weighted by atomic mass is 16.3. The first-order valence-electron chi connectivity index (χ1n) is 7.38. The molecule has 116 valence electrons. The molecule has 0 heterocycles. The van der Waals surface area contributed by atoms with Crippen molar-refractivity contribution in [1.82, 2.24) is 5.32 Å². The van der Waals surface area contributed by atoms with E-state index in [0.29, 0.717) is 19.4 Å². The minimum Gasteiger partial charge on any atom is -0.504 e. The molecule has 0 unspecified atom stereocenters. The van der Waals surface area contributed by atoms with Crippen molar-refractivity contribution in [3.8, 4) is 11.5 Å². The molecule has 2 rings (SSSR count). The summed E-state index contributed by atoms with van der Waals surface area (Å²) in [5, 5.41) is 21.5. The smallest absolute Gasteiger partial charge is 0.220 e. The Morgan fingerprint density at radius 1 is 1.09 bits per heavy atom. The minimum absolute atomic E-state index is 0.0133. The number of hydrogen-bond donors (Lipinski definition) is 3. The summed E-state index contributed by atoms with van der Waals surface area (Å²) in [6, 6.07) is 14.6. The highest BCUT2D eigenvalue weighted by molar-refractivity contribution is 5.76. The first-order chi connectivity index (χ1) is 10.6. The standard InChI is InChI=1S/C18H21NO3/c1-13(15-5-3-2-4-6-15)11-18(22)19-10-9-14-7-8-16(20)17(21)12-14/h2-8,12-13,20-21H,9-11H2,1H3,(H,19,22)/t13-/m0/s1. The van der Waals surface area contributed by atoms with Crippen LogP contribution in [0, 0.1) is 0 Å². The molecule has 1 amide bonds. The number of hydrogen-bond acceptors (Lipinski definition) is 3. The summed E-state index contributed by atoms with van der Waals surface area (Å²) in [6.45, 7) is 2.54. The van der Waals surface area contributed by atoms with Crippen molar-refractivity contribution in [2.45, 2.75) is 25.7 Å². The van der Waals surface area contributed by atoms with E-state index in [1.165, 1.54) is 12.1 Å². The van der Waals surface area contributed by atoms with Crippen LogP contribution in [0.5, 0.6) is 11.5 Å². The van der Waals surface area contributed by atoms with Crippen LogP contribution in [0.3, 0.4) is 0 Å². The lowest BCUT2D eigenvalue weighted by atomic mass is 9.97. The van der Waals surface area contributed by atoms with Gasteiger partial charge in [-0.3, -0.25) is 4.79 Å². The normalized spacial score (nSPS) is 11.9. The van der Waals surface area contributed by atoms with Crippen molar-refractivity contribution in [3.05, 3.63) is 59.7 Å². The fraction of sp³-hybridized carbons (Fsp3) is 0.278. The molecule has 0 aliphatic heterocycles. The van der Waals surface area contributed by atoms with E-state index >= 15 is 0 Å². The molecule has 4 nitrogen and oxygen atoms in total. The van der Waals surface area contributed by atoms with E-state index in [9.17, 15) is 15.0 Å². The summed E-state index contributed by atoms with van der Waals surface area (Å²) in [5.41, 5.74) is 2.02. The topological polar surface area (TPSA) is 69.6 Å². The van der Waals surface area contributed by atoms with Crippen LogP contribution in [-0.4, -0.2) is 22.7 Å². The number of phenolic OH excluding ortho intramolecular Hbond substituents is 2. The van der Waals surface area contributed by atoms with Crippen molar-refractivity contribution in [3.63, 3.8) is 0 Å². The molecule has 0 aliphatic carbocycles. The predicted molar refractivity (Wildman–Crippen MR) is 86.0 cm³/mol. The van der Waals surface area contributed by atoms with Gasteiger partial charge in [-0.2, -0.15) is 0 Å². The maximum absolute atomic E-state index is 11.9. The van der Waals surface area contributed by atoms with Crippen LogP contribution in [0.25, 0.3) is 0 Å². The molecule has 2 aromatic carbocycles. The van der Waals surface area contributed by atoms with Gasteiger partial charge in [-0.1, -0.05) is 43.3 Å². The molecule has 0 spiro atoms. The molecule has 22 heavy (non-hydrogen) atoms.